The summed E-state index contributed by atoms with van der Waals surface area (Å²) >= 11 is 6.35. The van der Waals surface area contributed by atoms with Crippen molar-refractivity contribution in [3.8, 4) is 11.5 Å². The van der Waals surface area contributed by atoms with Crippen LogP contribution in [0, 0.1) is 5.92 Å². The SMILES string of the molecule is COc1cc(CNC2CC2)cc(Cl)c1OCCCC(C)C. The molecule has 1 aromatic carbocycles. The Labute approximate surface area is 133 Å². The van der Waals surface area contributed by atoms with Gasteiger partial charge in [-0.25, -0.2) is 0 Å². The van der Waals surface area contributed by atoms with E-state index in [9.17, 15) is 0 Å². The maximum absolute atomic E-state index is 6.35. The molecule has 0 amide bonds. The van der Waals surface area contributed by atoms with Crippen LogP contribution in [0.5, 0.6) is 11.5 Å². The summed E-state index contributed by atoms with van der Waals surface area (Å²) in [6.45, 7) is 5.94. The third-order valence-corrected chi connectivity index (χ3v) is 3.91. The van der Waals surface area contributed by atoms with Gasteiger partial charge in [0.1, 0.15) is 0 Å². The van der Waals surface area contributed by atoms with Crippen LogP contribution in [0.15, 0.2) is 12.1 Å². The Morgan fingerprint density at radius 3 is 2.71 bits per heavy atom. The van der Waals surface area contributed by atoms with E-state index in [1.165, 1.54) is 12.8 Å². The standard InChI is InChI=1S/C17H26ClNO2/c1-12(2)5-4-8-21-17-15(18)9-13(10-16(17)20-3)11-19-14-6-7-14/h9-10,12,14,19H,4-8,11H2,1-3H3. The molecule has 0 atom stereocenters. The Morgan fingerprint density at radius 1 is 1.33 bits per heavy atom. The van der Waals surface area contributed by atoms with Crippen LogP contribution in [0.3, 0.4) is 0 Å². The van der Waals surface area contributed by atoms with Crippen LogP contribution >= 0.6 is 11.6 Å². The fourth-order valence-corrected chi connectivity index (χ4v) is 2.52. The van der Waals surface area contributed by atoms with Crippen molar-refractivity contribution >= 4 is 11.6 Å². The molecule has 4 heteroatoms. The average Bonchev–Trinajstić information content (AvgIpc) is 3.26. The van der Waals surface area contributed by atoms with Crippen LogP contribution in [-0.2, 0) is 6.54 Å². The Balaban J connectivity index is 1.95. The molecule has 0 radical (unpaired) electrons. The number of hydrogen-bond donors (Lipinski definition) is 1. The van der Waals surface area contributed by atoms with Gasteiger partial charge in [-0.3, -0.25) is 0 Å². The molecular weight excluding hydrogens is 286 g/mol. The first-order valence-electron chi connectivity index (χ1n) is 7.82. The normalized spacial score (nSPS) is 14.5. The first-order valence-corrected chi connectivity index (χ1v) is 8.20. The minimum Gasteiger partial charge on any atom is -0.493 e. The van der Waals surface area contributed by atoms with Crippen molar-refractivity contribution in [3.05, 3.63) is 22.7 Å². The molecule has 0 bridgehead atoms. The molecule has 1 aromatic rings. The van der Waals surface area contributed by atoms with Crippen molar-refractivity contribution in [1.82, 2.24) is 5.32 Å². The Hall–Kier alpha value is -0.930. The number of rotatable bonds is 9. The number of methoxy groups -OCH3 is 1. The highest BCUT2D eigenvalue weighted by Crippen LogP contribution is 2.36. The Bertz CT molecular complexity index is 458. The van der Waals surface area contributed by atoms with Crippen molar-refractivity contribution in [2.24, 2.45) is 5.92 Å². The molecule has 0 aromatic heterocycles. The van der Waals surface area contributed by atoms with Crippen LogP contribution in [0.25, 0.3) is 0 Å². The molecule has 0 unspecified atom stereocenters. The molecule has 1 saturated carbocycles. The second-order valence-corrected chi connectivity index (χ2v) is 6.56. The van der Waals surface area contributed by atoms with Crippen LogP contribution < -0.4 is 14.8 Å². The highest BCUT2D eigenvalue weighted by Gasteiger charge is 2.20. The Morgan fingerprint density at radius 2 is 2.10 bits per heavy atom. The van der Waals surface area contributed by atoms with E-state index in [1.807, 2.05) is 12.1 Å². The van der Waals surface area contributed by atoms with Crippen LogP contribution in [0.4, 0.5) is 0 Å². The van der Waals surface area contributed by atoms with Crippen LogP contribution in [0.1, 0.15) is 45.1 Å². The van der Waals surface area contributed by atoms with Crippen molar-refractivity contribution < 1.29 is 9.47 Å². The zero-order valence-corrected chi connectivity index (χ0v) is 14.0. The van der Waals surface area contributed by atoms with Gasteiger partial charge in [-0.15, -0.1) is 0 Å². The summed E-state index contributed by atoms with van der Waals surface area (Å²) in [6.07, 6.45) is 4.75. The lowest BCUT2D eigenvalue weighted by molar-refractivity contribution is 0.279. The molecule has 1 fully saturated rings. The van der Waals surface area contributed by atoms with E-state index in [0.717, 1.165) is 30.7 Å². The predicted octanol–water partition coefficient (Wildman–Crippen LogP) is 4.42. The molecule has 0 aliphatic heterocycles. The lowest BCUT2D eigenvalue weighted by Gasteiger charge is -2.15. The van der Waals surface area contributed by atoms with Gasteiger partial charge in [0.25, 0.3) is 0 Å². The Kier molecular flexibility index (Phi) is 6.19. The number of hydrogen-bond acceptors (Lipinski definition) is 3. The summed E-state index contributed by atoms with van der Waals surface area (Å²) in [7, 11) is 1.66. The van der Waals surface area contributed by atoms with Crippen LogP contribution in [-0.4, -0.2) is 19.8 Å². The molecular formula is C17H26ClNO2. The zero-order chi connectivity index (χ0) is 15.2. The molecule has 0 heterocycles. The minimum atomic E-state index is 0.631. The van der Waals surface area contributed by atoms with Gasteiger partial charge in [0.2, 0.25) is 0 Å². The van der Waals surface area contributed by atoms with Gasteiger partial charge >= 0.3 is 0 Å². The molecule has 21 heavy (non-hydrogen) atoms. The monoisotopic (exact) mass is 311 g/mol. The maximum atomic E-state index is 6.35. The lowest BCUT2D eigenvalue weighted by Crippen LogP contribution is -2.15. The molecule has 1 aliphatic carbocycles. The molecule has 3 nitrogen and oxygen atoms in total. The predicted molar refractivity (Wildman–Crippen MR) is 87.4 cm³/mol. The van der Waals surface area contributed by atoms with Gasteiger partial charge in [0.15, 0.2) is 11.5 Å². The van der Waals surface area contributed by atoms with Gasteiger partial charge in [-0.1, -0.05) is 25.4 Å². The molecule has 2 rings (SSSR count). The minimum absolute atomic E-state index is 0.631. The average molecular weight is 312 g/mol. The largest absolute Gasteiger partial charge is 0.493 e. The highest BCUT2D eigenvalue weighted by atomic mass is 35.5. The summed E-state index contributed by atoms with van der Waals surface area (Å²) in [5, 5.41) is 4.11. The van der Waals surface area contributed by atoms with Crippen molar-refractivity contribution in [3.63, 3.8) is 0 Å². The molecule has 0 saturated heterocycles. The summed E-state index contributed by atoms with van der Waals surface area (Å²) in [5.74, 6) is 2.08. The van der Waals surface area contributed by atoms with E-state index in [0.29, 0.717) is 29.3 Å². The third kappa shape index (κ3) is 5.40. The lowest BCUT2D eigenvalue weighted by atomic mass is 10.1. The molecule has 0 spiro atoms. The summed E-state index contributed by atoms with van der Waals surface area (Å²) in [6, 6.07) is 4.66. The number of benzene rings is 1. The number of nitrogens with one attached hydrogen (secondary N) is 1. The van der Waals surface area contributed by atoms with Gasteiger partial charge in [-0.2, -0.15) is 0 Å². The second kappa shape index (κ2) is 7.90. The van der Waals surface area contributed by atoms with E-state index in [2.05, 4.69) is 19.2 Å². The summed E-state index contributed by atoms with van der Waals surface area (Å²) in [4.78, 5) is 0. The first-order chi connectivity index (χ1) is 10.1. The fourth-order valence-electron chi connectivity index (χ4n) is 2.23. The molecule has 1 aliphatic rings. The van der Waals surface area contributed by atoms with E-state index < -0.39 is 0 Å². The van der Waals surface area contributed by atoms with Gasteiger partial charge in [0, 0.05) is 12.6 Å². The van der Waals surface area contributed by atoms with E-state index in [4.69, 9.17) is 21.1 Å². The first kappa shape index (κ1) is 16.4. The van der Waals surface area contributed by atoms with Gasteiger partial charge in [0.05, 0.1) is 18.7 Å². The quantitative estimate of drug-likeness (QED) is 0.685. The van der Waals surface area contributed by atoms with Crippen molar-refractivity contribution in [2.45, 2.75) is 52.1 Å². The summed E-state index contributed by atoms with van der Waals surface area (Å²) in [5.41, 5.74) is 1.14. The second-order valence-electron chi connectivity index (χ2n) is 6.15. The highest BCUT2D eigenvalue weighted by molar-refractivity contribution is 6.32. The van der Waals surface area contributed by atoms with Crippen LogP contribution in [0.2, 0.25) is 5.02 Å². The zero-order valence-electron chi connectivity index (χ0n) is 13.2. The fraction of sp³-hybridized carbons (Fsp3) is 0.647. The smallest absolute Gasteiger partial charge is 0.179 e. The van der Waals surface area contributed by atoms with Gasteiger partial charge in [-0.05, 0) is 49.3 Å². The van der Waals surface area contributed by atoms with E-state index in [-0.39, 0.29) is 0 Å². The number of halogens is 1. The van der Waals surface area contributed by atoms with Crippen molar-refractivity contribution in [2.75, 3.05) is 13.7 Å². The van der Waals surface area contributed by atoms with Crippen molar-refractivity contribution in [1.29, 1.82) is 0 Å². The number of ether oxygens (including phenoxy) is 2. The molecule has 118 valence electrons. The summed E-state index contributed by atoms with van der Waals surface area (Å²) < 4.78 is 11.3. The molecule has 1 N–H and O–H groups in total. The topological polar surface area (TPSA) is 30.5 Å². The maximum Gasteiger partial charge on any atom is 0.179 e. The third-order valence-electron chi connectivity index (χ3n) is 3.63. The van der Waals surface area contributed by atoms with E-state index >= 15 is 0 Å². The van der Waals surface area contributed by atoms with E-state index in [1.54, 1.807) is 7.11 Å². The van der Waals surface area contributed by atoms with Gasteiger partial charge < -0.3 is 14.8 Å².